The van der Waals surface area contributed by atoms with Crippen molar-refractivity contribution in [1.82, 2.24) is 4.98 Å². The molecule has 102 valence electrons. The molecule has 0 aliphatic rings. The van der Waals surface area contributed by atoms with Crippen LogP contribution in [0.25, 0.3) is 0 Å². The number of ether oxygens (including phenoxy) is 1. The normalized spacial score (nSPS) is 9.47. The van der Waals surface area contributed by atoms with Crippen LogP contribution in [0, 0.1) is 0 Å². The number of benzene rings is 1. The van der Waals surface area contributed by atoms with Crippen LogP contribution in [0.4, 0.5) is 5.82 Å². The number of nitrogens with two attached hydrogens (primary N) is 1. The Morgan fingerprint density at radius 2 is 1.84 bits per heavy atom. The smallest absolute Gasteiger partial charge is 0.133 e. The first-order chi connectivity index (χ1) is 9.19. The second-order valence-corrected chi connectivity index (χ2v) is 4.59. The monoisotopic (exact) mass is 322 g/mol. The molecule has 3 nitrogen and oxygen atoms in total. The van der Waals surface area contributed by atoms with Gasteiger partial charge in [-0.15, -0.1) is 0 Å². The van der Waals surface area contributed by atoms with Crippen LogP contribution in [0.3, 0.4) is 0 Å². The standard InChI is InChI=1S/C13H13BrN2O.C2H6/c1-17-12-4-2-9(7-11(12)14)6-10-3-5-13(15)16-8-10;1-2/h2-5,7-8H,6H2,1H3,(H2,15,16);1-2H3. The van der Waals surface area contributed by atoms with Gasteiger partial charge in [0.2, 0.25) is 0 Å². The van der Waals surface area contributed by atoms with Crippen LogP contribution in [0.1, 0.15) is 25.0 Å². The average molecular weight is 323 g/mol. The van der Waals surface area contributed by atoms with E-state index in [0.717, 1.165) is 22.2 Å². The highest BCUT2D eigenvalue weighted by Gasteiger charge is 2.02. The number of pyridine rings is 1. The maximum Gasteiger partial charge on any atom is 0.133 e. The second-order valence-electron chi connectivity index (χ2n) is 3.74. The van der Waals surface area contributed by atoms with E-state index >= 15 is 0 Å². The molecule has 0 fully saturated rings. The largest absolute Gasteiger partial charge is 0.496 e. The SMILES string of the molecule is CC.COc1ccc(Cc2ccc(N)nc2)cc1Br. The highest BCUT2D eigenvalue weighted by molar-refractivity contribution is 9.10. The zero-order valence-electron chi connectivity index (χ0n) is 11.5. The van der Waals surface area contributed by atoms with Gasteiger partial charge < -0.3 is 10.5 Å². The van der Waals surface area contributed by atoms with E-state index in [1.807, 2.05) is 38.1 Å². The third kappa shape index (κ3) is 4.56. The quantitative estimate of drug-likeness (QED) is 0.927. The summed E-state index contributed by atoms with van der Waals surface area (Å²) in [6, 6.07) is 9.84. The zero-order valence-corrected chi connectivity index (χ0v) is 13.1. The number of hydrogen-bond donors (Lipinski definition) is 1. The summed E-state index contributed by atoms with van der Waals surface area (Å²) in [5, 5.41) is 0. The summed E-state index contributed by atoms with van der Waals surface area (Å²) < 4.78 is 6.15. The van der Waals surface area contributed by atoms with Gasteiger partial charge in [0.1, 0.15) is 11.6 Å². The lowest BCUT2D eigenvalue weighted by Gasteiger charge is -2.06. The molecule has 1 aromatic carbocycles. The van der Waals surface area contributed by atoms with Gasteiger partial charge in [-0.25, -0.2) is 4.98 Å². The predicted molar refractivity (Wildman–Crippen MR) is 83.5 cm³/mol. The first-order valence-corrected chi connectivity index (χ1v) is 7.01. The molecule has 0 atom stereocenters. The lowest BCUT2D eigenvalue weighted by atomic mass is 10.1. The van der Waals surface area contributed by atoms with Gasteiger partial charge in [-0.05, 0) is 51.7 Å². The van der Waals surface area contributed by atoms with E-state index < -0.39 is 0 Å². The number of aromatic nitrogens is 1. The molecule has 2 rings (SSSR count). The Bertz CT molecular complexity index is 512. The van der Waals surface area contributed by atoms with E-state index in [0.29, 0.717) is 5.82 Å². The third-order valence-electron chi connectivity index (χ3n) is 2.47. The van der Waals surface area contributed by atoms with E-state index in [-0.39, 0.29) is 0 Å². The molecule has 2 N–H and O–H groups in total. The van der Waals surface area contributed by atoms with E-state index in [4.69, 9.17) is 10.5 Å². The summed E-state index contributed by atoms with van der Waals surface area (Å²) in [5.74, 6) is 1.38. The van der Waals surface area contributed by atoms with Crippen LogP contribution in [0.2, 0.25) is 0 Å². The molecule has 0 radical (unpaired) electrons. The van der Waals surface area contributed by atoms with Crippen molar-refractivity contribution < 1.29 is 4.74 Å². The minimum Gasteiger partial charge on any atom is -0.496 e. The molecular formula is C15H19BrN2O. The average Bonchev–Trinajstić information content (AvgIpc) is 2.44. The Kier molecular flexibility index (Phi) is 6.36. The van der Waals surface area contributed by atoms with Crippen molar-refractivity contribution in [3.05, 3.63) is 52.1 Å². The predicted octanol–water partition coefficient (Wildman–Crippen LogP) is 4.05. The molecule has 0 aliphatic heterocycles. The van der Waals surface area contributed by atoms with E-state index in [1.165, 1.54) is 5.56 Å². The summed E-state index contributed by atoms with van der Waals surface area (Å²) >= 11 is 3.47. The molecule has 0 saturated heterocycles. The molecule has 0 bridgehead atoms. The fourth-order valence-electron chi connectivity index (χ4n) is 1.60. The Morgan fingerprint density at radius 3 is 2.37 bits per heavy atom. The molecule has 1 aromatic heterocycles. The Hall–Kier alpha value is -1.55. The van der Waals surface area contributed by atoms with E-state index in [2.05, 4.69) is 27.0 Å². The van der Waals surface area contributed by atoms with Crippen molar-refractivity contribution in [3.63, 3.8) is 0 Å². The van der Waals surface area contributed by atoms with Crippen molar-refractivity contribution in [2.24, 2.45) is 0 Å². The summed E-state index contributed by atoms with van der Waals surface area (Å²) in [4.78, 5) is 4.07. The Morgan fingerprint density at radius 1 is 1.16 bits per heavy atom. The first kappa shape index (κ1) is 15.5. The summed E-state index contributed by atoms with van der Waals surface area (Å²) in [7, 11) is 1.66. The van der Waals surface area contributed by atoms with Crippen molar-refractivity contribution in [2.75, 3.05) is 12.8 Å². The van der Waals surface area contributed by atoms with Gasteiger partial charge in [0, 0.05) is 6.20 Å². The van der Waals surface area contributed by atoms with E-state index in [9.17, 15) is 0 Å². The van der Waals surface area contributed by atoms with Gasteiger partial charge in [-0.3, -0.25) is 0 Å². The first-order valence-electron chi connectivity index (χ1n) is 6.22. The number of nitrogens with zero attached hydrogens (tertiary/aromatic N) is 1. The van der Waals surface area contributed by atoms with Gasteiger partial charge >= 0.3 is 0 Å². The van der Waals surface area contributed by atoms with Crippen molar-refractivity contribution in [2.45, 2.75) is 20.3 Å². The number of methoxy groups -OCH3 is 1. The highest BCUT2D eigenvalue weighted by Crippen LogP contribution is 2.26. The topological polar surface area (TPSA) is 48.1 Å². The maximum absolute atomic E-state index is 5.55. The van der Waals surface area contributed by atoms with Gasteiger partial charge in [0.15, 0.2) is 0 Å². The molecule has 2 aromatic rings. The van der Waals surface area contributed by atoms with Gasteiger partial charge in [-0.2, -0.15) is 0 Å². The lowest BCUT2D eigenvalue weighted by Crippen LogP contribution is -1.93. The number of hydrogen-bond acceptors (Lipinski definition) is 3. The lowest BCUT2D eigenvalue weighted by molar-refractivity contribution is 0.412. The minimum absolute atomic E-state index is 0.546. The maximum atomic E-state index is 5.55. The summed E-state index contributed by atoms with van der Waals surface area (Å²) in [5.41, 5.74) is 7.88. The van der Waals surface area contributed by atoms with Crippen LogP contribution in [0.5, 0.6) is 5.75 Å². The summed E-state index contributed by atoms with van der Waals surface area (Å²) in [6.07, 6.45) is 2.63. The van der Waals surface area contributed by atoms with Crippen molar-refractivity contribution in [3.8, 4) is 5.75 Å². The highest BCUT2D eigenvalue weighted by atomic mass is 79.9. The van der Waals surface area contributed by atoms with E-state index in [1.54, 1.807) is 13.3 Å². The fraction of sp³-hybridized carbons (Fsp3) is 0.267. The van der Waals surface area contributed by atoms with Gasteiger partial charge in [0.05, 0.1) is 11.6 Å². The second kappa shape index (κ2) is 7.79. The van der Waals surface area contributed by atoms with Gasteiger partial charge in [0.25, 0.3) is 0 Å². The molecule has 0 amide bonds. The molecule has 4 heteroatoms. The van der Waals surface area contributed by atoms with Crippen LogP contribution >= 0.6 is 15.9 Å². The van der Waals surface area contributed by atoms with Crippen molar-refractivity contribution >= 4 is 21.7 Å². The third-order valence-corrected chi connectivity index (χ3v) is 3.09. The summed E-state index contributed by atoms with van der Waals surface area (Å²) in [6.45, 7) is 4.00. The number of nitrogen functional groups attached to an aromatic ring is 1. The van der Waals surface area contributed by atoms with Crippen LogP contribution in [0.15, 0.2) is 41.0 Å². The molecular weight excluding hydrogens is 304 g/mol. The molecule has 19 heavy (non-hydrogen) atoms. The molecule has 0 unspecified atom stereocenters. The number of rotatable bonds is 3. The molecule has 0 saturated carbocycles. The fourth-order valence-corrected chi connectivity index (χ4v) is 2.18. The van der Waals surface area contributed by atoms with Gasteiger partial charge in [-0.1, -0.05) is 26.0 Å². The van der Waals surface area contributed by atoms with Crippen molar-refractivity contribution in [1.29, 1.82) is 0 Å². The van der Waals surface area contributed by atoms with Crippen LogP contribution < -0.4 is 10.5 Å². The minimum atomic E-state index is 0.546. The molecule has 1 heterocycles. The number of halogens is 1. The zero-order chi connectivity index (χ0) is 14.3. The molecule has 0 spiro atoms. The Balaban J connectivity index is 0.000000861. The Labute approximate surface area is 122 Å². The molecule has 0 aliphatic carbocycles. The van der Waals surface area contributed by atoms with Crippen LogP contribution in [-0.2, 0) is 6.42 Å². The number of anilines is 1. The van der Waals surface area contributed by atoms with Crippen LogP contribution in [-0.4, -0.2) is 12.1 Å².